The Morgan fingerprint density at radius 2 is 1.95 bits per heavy atom. The molecule has 1 aliphatic heterocycles. The number of carbonyl (C=O) groups excluding carboxylic acids is 2. The van der Waals surface area contributed by atoms with Crippen LogP contribution in [0, 0.1) is 6.92 Å². The minimum Gasteiger partial charge on any atom is -0.467 e. The number of ether oxygens (including phenoxy) is 2. The third-order valence-electron chi connectivity index (χ3n) is 3.52. The average molecular weight is 305 g/mol. The number of hydrazone groups is 1. The van der Waals surface area contributed by atoms with Crippen LogP contribution in [-0.4, -0.2) is 44.0 Å². The van der Waals surface area contributed by atoms with Gasteiger partial charge < -0.3 is 14.8 Å². The van der Waals surface area contributed by atoms with Crippen LogP contribution in [-0.2, 0) is 19.1 Å². The van der Waals surface area contributed by atoms with Crippen LogP contribution in [0.4, 0.5) is 5.69 Å². The molecule has 22 heavy (non-hydrogen) atoms. The molecule has 0 amide bonds. The van der Waals surface area contributed by atoms with Gasteiger partial charge in [0.25, 0.3) is 0 Å². The van der Waals surface area contributed by atoms with Gasteiger partial charge in [0.1, 0.15) is 5.71 Å². The van der Waals surface area contributed by atoms with E-state index in [0.29, 0.717) is 0 Å². The summed E-state index contributed by atoms with van der Waals surface area (Å²) in [5.41, 5.74) is 3.77. The van der Waals surface area contributed by atoms with Gasteiger partial charge in [-0.1, -0.05) is 17.7 Å². The van der Waals surface area contributed by atoms with Gasteiger partial charge in [-0.05, 0) is 19.1 Å². The molecule has 7 nitrogen and oxygen atoms in total. The van der Waals surface area contributed by atoms with E-state index in [-0.39, 0.29) is 18.7 Å². The standard InChI is InChI=1S/C15H19N3O4/c1-10-4-6-11(7-5-10)16-9-15(14(20)22-3)8-12(17-18-15)13(19)21-2/h4-7,16,18H,8-9H2,1-3H3. The number of aryl methyl sites for hydroxylation is 1. The van der Waals surface area contributed by atoms with Crippen LogP contribution in [0.2, 0.25) is 0 Å². The first-order valence-electron chi connectivity index (χ1n) is 6.82. The number of nitrogens with zero attached hydrogens (tertiary/aromatic N) is 1. The Morgan fingerprint density at radius 1 is 1.27 bits per heavy atom. The largest absolute Gasteiger partial charge is 0.467 e. The Balaban J connectivity index is 2.10. The number of hydrogen-bond donors (Lipinski definition) is 2. The number of rotatable bonds is 5. The monoisotopic (exact) mass is 305 g/mol. The summed E-state index contributed by atoms with van der Waals surface area (Å²) in [6, 6.07) is 7.76. The molecule has 1 aromatic rings. The summed E-state index contributed by atoms with van der Waals surface area (Å²) in [5.74, 6) is -1.05. The second-order valence-electron chi connectivity index (χ2n) is 5.13. The fraction of sp³-hybridized carbons (Fsp3) is 0.400. The van der Waals surface area contributed by atoms with Crippen LogP contribution >= 0.6 is 0 Å². The van der Waals surface area contributed by atoms with Gasteiger partial charge in [-0.2, -0.15) is 5.10 Å². The summed E-state index contributed by atoms with van der Waals surface area (Å²) in [6.45, 7) is 2.22. The Morgan fingerprint density at radius 3 is 2.55 bits per heavy atom. The number of hydrogen-bond acceptors (Lipinski definition) is 7. The zero-order chi connectivity index (χ0) is 16.2. The van der Waals surface area contributed by atoms with E-state index >= 15 is 0 Å². The highest BCUT2D eigenvalue weighted by atomic mass is 16.5. The zero-order valence-electron chi connectivity index (χ0n) is 12.8. The van der Waals surface area contributed by atoms with Crippen LogP contribution in [0.25, 0.3) is 0 Å². The van der Waals surface area contributed by atoms with Gasteiger partial charge in [-0.15, -0.1) is 0 Å². The van der Waals surface area contributed by atoms with Crippen molar-refractivity contribution in [1.29, 1.82) is 0 Å². The topological polar surface area (TPSA) is 89.0 Å². The average Bonchev–Trinajstić information content (AvgIpc) is 2.98. The maximum atomic E-state index is 12.1. The number of anilines is 1. The van der Waals surface area contributed by atoms with E-state index < -0.39 is 17.5 Å². The summed E-state index contributed by atoms with van der Waals surface area (Å²) in [4.78, 5) is 23.7. The Labute approximate surface area is 128 Å². The number of esters is 2. The number of benzene rings is 1. The van der Waals surface area contributed by atoms with Gasteiger partial charge in [-0.25, -0.2) is 9.59 Å². The van der Waals surface area contributed by atoms with Gasteiger partial charge in [0.15, 0.2) is 5.54 Å². The molecule has 1 aliphatic rings. The van der Waals surface area contributed by atoms with E-state index in [2.05, 4.69) is 20.6 Å². The van der Waals surface area contributed by atoms with Crippen molar-refractivity contribution in [2.24, 2.45) is 5.10 Å². The van der Waals surface area contributed by atoms with E-state index in [9.17, 15) is 9.59 Å². The highest BCUT2D eigenvalue weighted by Gasteiger charge is 2.46. The quantitative estimate of drug-likeness (QED) is 0.784. The third kappa shape index (κ3) is 3.19. The number of methoxy groups -OCH3 is 2. The van der Waals surface area contributed by atoms with Crippen LogP contribution in [0.3, 0.4) is 0 Å². The molecule has 7 heteroatoms. The van der Waals surface area contributed by atoms with Crippen molar-refractivity contribution in [1.82, 2.24) is 5.43 Å². The first-order chi connectivity index (χ1) is 10.5. The Kier molecular flexibility index (Phi) is 4.65. The molecule has 0 saturated carbocycles. The number of nitrogens with one attached hydrogen (secondary N) is 2. The smallest absolute Gasteiger partial charge is 0.354 e. The molecule has 0 aromatic heterocycles. The molecule has 0 radical (unpaired) electrons. The maximum absolute atomic E-state index is 12.1. The summed E-state index contributed by atoms with van der Waals surface area (Å²) in [7, 11) is 2.57. The molecule has 0 spiro atoms. The molecule has 1 atom stereocenters. The van der Waals surface area contributed by atoms with Crippen molar-refractivity contribution in [3.05, 3.63) is 29.8 Å². The highest BCUT2D eigenvalue weighted by Crippen LogP contribution is 2.21. The number of carbonyl (C=O) groups is 2. The first-order valence-corrected chi connectivity index (χ1v) is 6.82. The molecule has 0 aliphatic carbocycles. The van der Waals surface area contributed by atoms with Gasteiger partial charge in [0.05, 0.1) is 20.8 Å². The molecule has 118 valence electrons. The van der Waals surface area contributed by atoms with Crippen LogP contribution < -0.4 is 10.7 Å². The second-order valence-corrected chi connectivity index (χ2v) is 5.13. The fourth-order valence-electron chi connectivity index (χ4n) is 2.19. The highest BCUT2D eigenvalue weighted by molar-refractivity contribution is 6.37. The van der Waals surface area contributed by atoms with Crippen LogP contribution in [0.5, 0.6) is 0 Å². The zero-order valence-corrected chi connectivity index (χ0v) is 12.8. The van der Waals surface area contributed by atoms with Crippen molar-refractivity contribution in [2.45, 2.75) is 18.9 Å². The van der Waals surface area contributed by atoms with E-state index in [1.54, 1.807) is 0 Å². The molecule has 2 rings (SSSR count). The Bertz CT molecular complexity index is 597. The Hall–Kier alpha value is -2.57. The van der Waals surface area contributed by atoms with Crippen molar-refractivity contribution < 1.29 is 19.1 Å². The molecule has 1 aromatic carbocycles. The van der Waals surface area contributed by atoms with Crippen LogP contribution in [0.15, 0.2) is 29.4 Å². The molecule has 0 saturated heterocycles. The third-order valence-corrected chi connectivity index (χ3v) is 3.52. The summed E-state index contributed by atoms with van der Waals surface area (Å²) in [6.07, 6.45) is 0.102. The minimum atomic E-state index is -1.12. The minimum absolute atomic E-state index is 0.102. The van der Waals surface area contributed by atoms with Crippen LogP contribution in [0.1, 0.15) is 12.0 Å². The normalized spacial score (nSPS) is 19.9. The lowest BCUT2D eigenvalue weighted by Gasteiger charge is -2.26. The van der Waals surface area contributed by atoms with Gasteiger partial charge in [0, 0.05) is 12.1 Å². The predicted molar refractivity (Wildman–Crippen MR) is 81.6 cm³/mol. The lowest BCUT2D eigenvalue weighted by Crippen LogP contribution is -2.53. The molecule has 1 heterocycles. The molecule has 1 unspecified atom stereocenters. The maximum Gasteiger partial charge on any atom is 0.354 e. The van der Waals surface area contributed by atoms with Crippen molar-refractivity contribution in [3.8, 4) is 0 Å². The lowest BCUT2D eigenvalue weighted by atomic mass is 9.94. The molecule has 0 bridgehead atoms. The SMILES string of the molecule is COC(=O)C1=NNC(CNc2ccc(C)cc2)(C(=O)OC)C1. The fourth-order valence-corrected chi connectivity index (χ4v) is 2.19. The summed E-state index contributed by atoms with van der Waals surface area (Å²) < 4.78 is 9.47. The molecule has 0 fully saturated rings. The lowest BCUT2D eigenvalue weighted by molar-refractivity contribution is -0.147. The van der Waals surface area contributed by atoms with Gasteiger partial charge >= 0.3 is 11.9 Å². The second kappa shape index (κ2) is 6.46. The van der Waals surface area contributed by atoms with E-state index in [1.165, 1.54) is 14.2 Å². The molecular formula is C15H19N3O4. The van der Waals surface area contributed by atoms with Crippen molar-refractivity contribution >= 4 is 23.3 Å². The first kappa shape index (κ1) is 15.8. The van der Waals surface area contributed by atoms with E-state index in [0.717, 1.165) is 11.3 Å². The summed E-state index contributed by atoms with van der Waals surface area (Å²) >= 11 is 0. The molecule has 2 N–H and O–H groups in total. The van der Waals surface area contributed by atoms with E-state index in [1.807, 2.05) is 31.2 Å². The predicted octanol–water partition coefficient (Wildman–Crippen LogP) is 0.841. The van der Waals surface area contributed by atoms with E-state index in [4.69, 9.17) is 4.74 Å². The summed E-state index contributed by atoms with van der Waals surface area (Å²) in [5, 5.41) is 7.07. The van der Waals surface area contributed by atoms with Gasteiger partial charge in [-0.3, -0.25) is 5.43 Å². The van der Waals surface area contributed by atoms with Crippen molar-refractivity contribution in [2.75, 3.05) is 26.1 Å². The van der Waals surface area contributed by atoms with Crippen molar-refractivity contribution in [3.63, 3.8) is 0 Å². The molecular weight excluding hydrogens is 286 g/mol. The van der Waals surface area contributed by atoms with Gasteiger partial charge in [0.2, 0.25) is 0 Å².